The van der Waals surface area contributed by atoms with Crippen molar-refractivity contribution >= 4 is 22.9 Å². The second-order valence-corrected chi connectivity index (χ2v) is 9.79. The minimum absolute atomic E-state index is 0.137. The molecule has 4 unspecified atom stereocenters. The average Bonchev–Trinajstić information content (AvgIpc) is 3.37. The van der Waals surface area contributed by atoms with Crippen LogP contribution in [0.3, 0.4) is 0 Å². The number of thiazole rings is 1. The number of hydrogen-bond donors (Lipinski definition) is 0. The van der Waals surface area contributed by atoms with E-state index in [0.717, 1.165) is 44.9 Å². The Bertz CT molecular complexity index is 997. The molecule has 3 bridgehead atoms. The molecule has 0 N–H and O–H groups in total. The van der Waals surface area contributed by atoms with E-state index >= 15 is 0 Å². The van der Waals surface area contributed by atoms with Crippen LogP contribution >= 0.6 is 22.9 Å². The summed E-state index contributed by atoms with van der Waals surface area (Å²) in [6.45, 7) is 0. The second kappa shape index (κ2) is 5.89. The molecule has 3 aliphatic rings. The van der Waals surface area contributed by atoms with Gasteiger partial charge in [-0.3, -0.25) is 0 Å². The van der Waals surface area contributed by atoms with Gasteiger partial charge < -0.3 is 4.42 Å². The van der Waals surface area contributed by atoms with Gasteiger partial charge in [0, 0.05) is 16.0 Å². The summed E-state index contributed by atoms with van der Waals surface area (Å²) < 4.78 is 6.25. The fourth-order valence-corrected chi connectivity index (χ4v) is 6.79. The molecule has 6 heteroatoms. The Morgan fingerprint density at radius 2 is 1.93 bits per heavy atom. The van der Waals surface area contributed by atoms with Crippen LogP contribution in [0.1, 0.15) is 44.4 Å². The van der Waals surface area contributed by atoms with Crippen LogP contribution in [-0.4, -0.2) is 15.2 Å². The van der Waals surface area contributed by atoms with Crippen molar-refractivity contribution in [2.75, 3.05) is 0 Å². The molecule has 3 saturated carbocycles. The van der Waals surface area contributed by atoms with Crippen molar-refractivity contribution in [3.63, 3.8) is 0 Å². The fraction of sp³-hybridized carbons (Fsp3) is 0.476. The first kappa shape index (κ1) is 16.3. The molecule has 1 aromatic carbocycles. The Kier molecular flexibility index (Phi) is 3.54. The van der Waals surface area contributed by atoms with Crippen molar-refractivity contribution < 1.29 is 4.42 Å². The van der Waals surface area contributed by atoms with Gasteiger partial charge in [-0.15, -0.1) is 21.5 Å². The summed E-state index contributed by atoms with van der Waals surface area (Å²) in [5.41, 5.74) is 1.96. The van der Waals surface area contributed by atoms with E-state index in [1.165, 1.54) is 38.5 Å². The lowest BCUT2D eigenvalue weighted by Gasteiger charge is -2.40. The van der Waals surface area contributed by atoms with Gasteiger partial charge in [0.2, 0.25) is 5.89 Å². The normalized spacial score (nSPS) is 31.5. The van der Waals surface area contributed by atoms with Crippen molar-refractivity contribution in [2.24, 2.45) is 17.8 Å². The zero-order valence-electron chi connectivity index (χ0n) is 14.9. The van der Waals surface area contributed by atoms with Crippen molar-refractivity contribution in [3.8, 4) is 22.2 Å². The van der Waals surface area contributed by atoms with Gasteiger partial charge in [-0.2, -0.15) is 0 Å². The molecular formula is C21H20ClN3OS. The summed E-state index contributed by atoms with van der Waals surface area (Å²) in [5, 5.41) is 12.6. The highest BCUT2D eigenvalue weighted by Gasteiger charge is 2.57. The van der Waals surface area contributed by atoms with Crippen LogP contribution < -0.4 is 0 Å². The summed E-state index contributed by atoms with van der Waals surface area (Å²) in [6, 6.07) is 7.74. The van der Waals surface area contributed by atoms with Crippen LogP contribution in [0.15, 0.2) is 34.1 Å². The fourth-order valence-electron chi connectivity index (χ4n) is 5.86. The maximum Gasteiger partial charge on any atom is 0.267 e. The first-order valence-corrected chi connectivity index (χ1v) is 11.0. The van der Waals surface area contributed by atoms with E-state index in [9.17, 15) is 0 Å². The molecule has 2 aromatic heterocycles. The molecule has 0 spiro atoms. The summed E-state index contributed by atoms with van der Waals surface area (Å²) in [7, 11) is 0. The van der Waals surface area contributed by atoms with Gasteiger partial charge in [-0.25, -0.2) is 4.98 Å². The Morgan fingerprint density at radius 1 is 1.07 bits per heavy atom. The topological polar surface area (TPSA) is 51.8 Å². The molecule has 0 saturated heterocycles. The van der Waals surface area contributed by atoms with E-state index in [4.69, 9.17) is 21.0 Å². The van der Waals surface area contributed by atoms with Crippen molar-refractivity contribution in [2.45, 2.75) is 43.9 Å². The van der Waals surface area contributed by atoms with E-state index < -0.39 is 0 Å². The summed E-state index contributed by atoms with van der Waals surface area (Å²) in [4.78, 5) is 4.72. The number of benzene rings is 1. The van der Waals surface area contributed by atoms with Crippen LogP contribution in [-0.2, 0) is 5.41 Å². The maximum absolute atomic E-state index is 6.25. The number of nitrogens with zero attached hydrogens (tertiary/aromatic N) is 3. The van der Waals surface area contributed by atoms with Gasteiger partial charge in [0.05, 0.1) is 5.41 Å². The lowest BCUT2D eigenvalue weighted by molar-refractivity contribution is 0.129. The van der Waals surface area contributed by atoms with E-state index in [1.807, 2.05) is 29.6 Å². The first-order chi connectivity index (χ1) is 13.2. The number of hydrogen-bond acceptors (Lipinski definition) is 5. The van der Waals surface area contributed by atoms with E-state index in [1.54, 1.807) is 11.3 Å². The highest BCUT2D eigenvalue weighted by atomic mass is 35.5. The SMILES string of the molecule is Clc1ccc(-c2nc(-c3nnc(C45CCC6CC(CC4C6)C5)o3)cs2)cc1. The van der Waals surface area contributed by atoms with Crippen molar-refractivity contribution in [1.82, 2.24) is 15.2 Å². The monoisotopic (exact) mass is 397 g/mol. The lowest BCUT2D eigenvalue weighted by Crippen LogP contribution is -2.36. The van der Waals surface area contributed by atoms with Gasteiger partial charge in [0.25, 0.3) is 5.89 Å². The van der Waals surface area contributed by atoms with Crippen molar-refractivity contribution in [1.29, 1.82) is 0 Å². The molecule has 0 aliphatic heterocycles. The molecule has 6 rings (SSSR count). The van der Waals surface area contributed by atoms with Crippen LogP contribution in [0.4, 0.5) is 0 Å². The number of halogens is 1. The molecule has 138 valence electrons. The molecule has 0 radical (unpaired) electrons. The highest BCUT2D eigenvalue weighted by molar-refractivity contribution is 7.13. The predicted octanol–water partition coefficient (Wildman–Crippen LogP) is 5.98. The van der Waals surface area contributed by atoms with Crippen molar-refractivity contribution in [3.05, 3.63) is 40.6 Å². The Balaban J connectivity index is 1.32. The Hall–Kier alpha value is -1.72. The van der Waals surface area contributed by atoms with Gasteiger partial charge in [0.15, 0.2) is 0 Å². The zero-order chi connectivity index (χ0) is 18.0. The van der Waals surface area contributed by atoms with Gasteiger partial charge >= 0.3 is 0 Å². The number of aromatic nitrogens is 3. The second-order valence-electron chi connectivity index (χ2n) is 8.49. The quantitative estimate of drug-likeness (QED) is 0.545. The van der Waals surface area contributed by atoms with E-state index in [0.29, 0.717) is 5.89 Å². The largest absolute Gasteiger partial charge is 0.419 e. The molecule has 3 aromatic rings. The molecular weight excluding hydrogens is 378 g/mol. The summed E-state index contributed by atoms with van der Waals surface area (Å²) in [6.07, 6.45) is 7.89. The Labute approximate surface area is 167 Å². The third-order valence-corrected chi connectivity index (χ3v) is 8.14. The molecule has 0 amide bonds. The first-order valence-electron chi connectivity index (χ1n) is 9.75. The minimum atomic E-state index is 0.137. The molecule has 27 heavy (non-hydrogen) atoms. The third-order valence-electron chi connectivity index (χ3n) is 7.00. The van der Waals surface area contributed by atoms with Crippen LogP contribution in [0.5, 0.6) is 0 Å². The van der Waals surface area contributed by atoms with Crippen LogP contribution in [0.2, 0.25) is 5.02 Å². The van der Waals surface area contributed by atoms with E-state index in [-0.39, 0.29) is 5.41 Å². The van der Waals surface area contributed by atoms with Crippen LogP contribution in [0.25, 0.3) is 22.2 Å². The number of rotatable bonds is 3. The number of fused-ring (bicyclic) bond motifs is 2. The van der Waals surface area contributed by atoms with E-state index in [2.05, 4.69) is 10.2 Å². The van der Waals surface area contributed by atoms with Gasteiger partial charge in [0.1, 0.15) is 10.7 Å². The predicted molar refractivity (Wildman–Crippen MR) is 106 cm³/mol. The molecule has 4 atom stereocenters. The van der Waals surface area contributed by atoms with Gasteiger partial charge in [-0.05, 0) is 68.4 Å². The molecule has 4 nitrogen and oxygen atoms in total. The van der Waals surface area contributed by atoms with Crippen LogP contribution in [0, 0.1) is 17.8 Å². The summed E-state index contributed by atoms with van der Waals surface area (Å²) in [5.74, 6) is 3.96. The standard InChI is InChI=1S/C21H20ClN3OS/c22-16-3-1-14(2-4-16)19-23-17(11-27-19)18-24-25-20(26-18)21-6-5-12-7-13(10-21)9-15(21)8-12/h1-4,11-13,15H,5-10H2. The smallest absolute Gasteiger partial charge is 0.267 e. The lowest BCUT2D eigenvalue weighted by atomic mass is 9.64. The maximum atomic E-state index is 6.25. The zero-order valence-corrected chi connectivity index (χ0v) is 16.5. The third kappa shape index (κ3) is 2.51. The highest BCUT2D eigenvalue weighted by Crippen LogP contribution is 2.62. The molecule has 3 aliphatic carbocycles. The molecule has 2 heterocycles. The van der Waals surface area contributed by atoms with Gasteiger partial charge in [-0.1, -0.05) is 23.7 Å². The minimum Gasteiger partial charge on any atom is -0.419 e. The Morgan fingerprint density at radius 3 is 2.81 bits per heavy atom. The average molecular weight is 398 g/mol. The summed E-state index contributed by atoms with van der Waals surface area (Å²) >= 11 is 7.57. The molecule has 3 fully saturated rings.